The first-order valence-electron chi connectivity index (χ1n) is 6.36. The van der Waals surface area contributed by atoms with Gasteiger partial charge < -0.3 is 15.2 Å². The van der Waals surface area contributed by atoms with Gasteiger partial charge in [-0.3, -0.25) is 0 Å². The average molecular weight is 270 g/mol. The molecule has 0 aliphatic heterocycles. The quantitative estimate of drug-likeness (QED) is 0.863. The van der Waals surface area contributed by atoms with E-state index in [9.17, 15) is 0 Å². The lowest BCUT2D eigenvalue weighted by Crippen LogP contribution is -2.12. The number of methoxy groups -OCH3 is 1. The van der Waals surface area contributed by atoms with E-state index in [0.717, 1.165) is 23.7 Å². The van der Waals surface area contributed by atoms with Crippen molar-refractivity contribution in [3.05, 3.63) is 22.7 Å². The van der Waals surface area contributed by atoms with Gasteiger partial charge >= 0.3 is 0 Å². The Morgan fingerprint density at radius 2 is 2.17 bits per heavy atom. The molecule has 1 aromatic rings. The number of benzene rings is 1. The van der Waals surface area contributed by atoms with Crippen LogP contribution in [0.2, 0.25) is 5.02 Å². The molecule has 2 rings (SSSR count). The molecule has 0 bridgehead atoms. The van der Waals surface area contributed by atoms with E-state index in [1.807, 2.05) is 19.1 Å². The van der Waals surface area contributed by atoms with Gasteiger partial charge in [-0.15, -0.1) is 0 Å². The van der Waals surface area contributed by atoms with E-state index >= 15 is 0 Å². The molecule has 4 heteroatoms. The van der Waals surface area contributed by atoms with Gasteiger partial charge in [0.15, 0.2) is 11.5 Å². The van der Waals surface area contributed by atoms with E-state index in [1.165, 1.54) is 12.8 Å². The third kappa shape index (κ3) is 2.90. The predicted molar refractivity (Wildman–Crippen MR) is 73.7 cm³/mol. The van der Waals surface area contributed by atoms with Crippen LogP contribution in [-0.2, 0) is 0 Å². The summed E-state index contributed by atoms with van der Waals surface area (Å²) in [5.41, 5.74) is 6.70. The average Bonchev–Trinajstić information content (AvgIpc) is 3.19. The van der Waals surface area contributed by atoms with E-state index < -0.39 is 0 Å². The van der Waals surface area contributed by atoms with Gasteiger partial charge in [-0.2, -0.15) is 0 Å². The van der Waals surface area contributed by atoms with E-state index in [-0.39, 0.29) is 5.92 Å². The predicted octanol–water partition coefficient (Wildman–Crippen LogP) is 3.20. The maximum atomic E-state index is 6.27. The highest BCUT2D eigenvalue weighted by Gasteiger charge is 2.25. The first-order valence-corrected chi connectivity index (χ1v) is 6.74. The van der Waals surface area contributed by atoms with E-state index in [4.69, 9.17) is 26.8 Å². The number of rotatable bonds is 6. The molecule has 1 atom stereocenters. The van der Waals surface area contributed by atoms with Crippen molar-refractivity contribution in [2.45, 2.75) is 25.7 Å². The first-order chi connectivity index (χ1) is 8.67. The summed E-state index contributed by atoms with van der Waals surface area (Å²) in [4.78, 5) is 0. The third-order valence-corrected chi connectivity index (χ3v) is 3.66. The number of hydrogen-bond acceptors (Lipinski definition) is 3. The topological polar surface area (TPSA) is 44.5 Å². The Labute approximate surface area is 113 Å². The molecule has 1 aliphatic rings. The minimum Gasteiger partial charge on any atom is -0.493 e. The Morgan fingerprint density at radius 1 is 1.44 bits per heavy atom. The standard InChI is InChI=1S/C14H20ClNO2/c1-9(7-16)13-11(15)5-6-12(17-2)14(13)18-8-10-3-4-10/h5-6,9-10H,3-4,7-8,16H2,1-2H3. The van der Waals surface area contributed by atoms with Crippen LogP contribution < -0.4 is 15.2 Å². The van der Waals surface area contributed by atoms with Crippen LogP contribution in [0.15, 0.2) is 12.1 Å². The summed E-state index contributed by atoms with van der Waals surface area (Å²) in [5.74, 6) is 2.33. The second kappa shape index (κ2) is 5.81. The van der Waals surface area contributed by atoms with Crippen LogP contribution in [0.5, 0.6) is 11.5 Å². The molecule has 0 heterocycles. The van der Waals surface area contributed by atoms with Crippen LogP contribution in [0.4, 0.5) is 0 Å². The molecule has 100 valence electrons. The molecule has 1 unspecified atom stereocenters. The normalized spacial score (nSPS) is 16.4. The summed E-state index contributed by atoms with van der Waals surface area (Å²) in [7, 11) is 1.64. The Balaban J connectivity index is 2.32. The summed E-state index contributed by atoms with van der Waals surface area (Å²) in [6.45, 7) is 3.32. The molecule has 18 heavy (non-hydrogen) atoms. The zero-order valence-corrected chi connectivity index (χ0v) is 11.7. The van der Waals surface area contributed by atoms with Gasteiger partial charge in [-0.05, 0) is 43.4 Å². The maximum absolute atomic E-state index is 6.27. The Kier molecular flexibility index (Phi) is 4.36. The fraction of sp³-hybridized carbons (Fsp3) is 0.571. The fourth-order valence-corrected chi connectivity index (χ4v) is 2.26. The zero-order valence-electron chi connectivity index (χ0n) is 10.9. The van der Waals surface area contributed by atoms with Crippen molar-refractivity contribution in [2.75, 3.05) is 20.3 Å². The van der Waals surface area contributed by atoms with Crippen molar-refractivity contribution in [2.24, 2.45) is 11.7 Å². The van der Waals surface area contributed by atoms with Gasteiger partial charge in [0.25, 0.3) is 0 Å². The monoisotopic (exact) mass is 269 g/mol. The van der Waals surface area contributed by atoms with Crippen molar-refractivity contribution >= 4 is 11.6 Å². The van der Waals surface area contributed by atoms with Crippen molar-refractivity contribution in [1.29, 1.82) is 0 Å². The van der Waals surface area contributed by atoms with Crippen LogP contribution in [0, 0.1) is 5.92 Å². The Hall–Kier alpha value is -0.930. The van der Waals surface area contributed by atoms with Crippen LogP contribution in [0.3, 0.4) is 0 Å². The molecule has 0 aromatic heterocycles. The molecule has 1 fully saturated rings. The van der Waals surface area contributed by atoms with E-state index in [1.54, 1.807) is 7.11 Å². The highest BCUT2D eigenvalue weighted by Crippen LogP contribution is 2.41. The van der Waals surface area contributed by atoms with Gasteiger partial charge in [0.2, 0.25) is 0 Å². The molecule has 0 saturated heterocycles. The molecule has 1 saturated carbocycles. The summed E-state index contributed by atoms with van der Waals surface area (Å²) in [5, 5.41) is 0.694. The van der Waals surface area contributed by atoms with E-state index in [2.05, 4.69) is 0 Å². The molecule has 1 aliphatic carbocycles. The van der Waals surface area contributed by atoms with Crippen LogP contribution in [0.1, 0.15) is 31.2 Å². The van der Waals surface area contributed by atoms with Crippen molar-refractivity contribution in [3.8, 4) is 11.5 Å². The number of nitrogens with two attached hydrogens (primary N) is 1. The van der Waals surface area contributed by atoms with Crippen molar-refractivity contribution in [3.63, 3.8) is 0 Å². The highest BCUT2D eigenvalue weighted by atomic mass is 35.5. The molecule has 3 nitrogen and oxygen atoms in total. The summed E-state index contributed by atoms with van der Waals surface area (Å²) < 4.78 is 11.3. The van der Waals surface area contributed by atoms with Crippen molar-refractivity contribution < 1.29 is 9.47 Å². The van der Waals surface area contributed by atoms with Crippen LogP contribution in [-0.4, -0.2) is 20.3 Å². The molecule has 0 amide bonds. The smallest absolute Gasteiger partial charge is 0.166 e. The summed E-state index contributed by atoms with van der Waals surface area (Å²) >= 11 is 6.27. The van der Waals surface area contributed by atoms with Gasteiger partial charge in [-0.25, -0.2) is 0 Å². The second-order valence-electron chi connectivity index (χ2n) is 4.88. The molecule has 2 N–H and O–H groups in total. The number of ether oxygens (including phenoxy) is 2. The number of hydrogen-bond donors (Lipinski definition) is 1. The lowest BCUT2D eigenvalue weighted by molar-refractivity contribution is 0.276. The molecular formula is C14H20ClNO2. The van der Waals surface area contributed by atoms with Crippen LogP contribution >= 0.6 is 11.6 Å². The first kappa shape index (κ1) is 13.5. The highest BCUT2D eigenvalue weighted by molar-refractivity contribution is 6.31. The Bertz CT molecular complexity index is 419. The van der Waals surface area contributed by atoms with Crippen molar-refractivity contribution in [1.82, 2.24) is 0 Å². The minimum absolute atomic E-state index is 0.154. The van der Waals surface area contributed by atoms with Gasteiger partial charge in [0, 0.05) is 10.6 Å². The SMILES string of the molecule is COc1ccc(Cl)c(C(C)CN)c1OCC1CC1. The lowest BCUT2D eigenvalue weighted by atomic mass is 9.99. The number of halogens is 1. The van der Waals surface area contributed by atoms with E-state index in [0.29, 0.717) is 17.5 Å². The molecule has 0 radical (unpaired) electrons. The third-order valence-electron chi connectivity index (χ3n) is 3.33. The van der Waals surface area contributed by atoms with Gasteiger partial charge in [0.1, 0.15) is 0 Å². The summed E-state index contributed by atoms with van der Waals surface area (Å²) in [6.07, 6.45) is 2.51. The van der Waals surface area contributed by atoms with Gasteiger partial charge in [-0.1, -0.05) is 18.5 Å². The molecule has 0 spiro atoms. The minimum atomic E-state index is 0.154. The van der Waals surface area contributed by atoms with Crippen LogP contribution in [0.25, 0.3) is 0 Å². The molecular weight excluding hydrogens is 250 g/mol. The van der Waals surface area contributed by atoms with Gasteiger partial charge in [0.05, 0.1) is 13.7 Å². The fourth-order valence-electron chi connectivity index (χ4n) is 1.93. The largest absolute Gasteiger partial charge is 0.493 e. The summed E-state index contributed by atoms with van der Waals surface area (Å²) in [6, 6.07) is 3.68. The zero-order chi connectivity index (χ0) is 13.1. The second-order valence-corrected chi connectivity index (χ2v) is 5.29. The lowest BCUT2D eigenvalue weighted by Gasteiger charge is -2.19. The Morgan fingerprint density at radius 3 is 2.72 bits per heavy atom. The maximum Gasteiger partial charge on any atom is 0.166 e. The molecule has 1 aromatic carbocycles.